The zero-order valence-electron chi connectivity index (χ0n) is 15.8. The number of fused-ring (bicyclic) bond motifs is 1. The van der Waals surface area contributed by atoms with Crippen LogP contribution in [0.1, 0.15) is 22.8 Å². The Hall–Kier alpha value is -3.54. The van der Waals surface area contributed by atoms with Crippen LogP contribution in [0.3, 0.4) is 0 Å². The molecule has 0 radical (unpaired) electrons. The minimum atomic E-state index is -0.469. The first kappa shape index (κ1) is 19.2. The lowest BCUT2D eigenvalue weighted by Gasteiger charge is -2.12. The summed E-state index contributed by atoms with van der Waals surface area (Å²) in [4.78, 5) is 24.4. The second-order valence-electron chi connectivity index (χ2n) is 6.19. The normalized spacial score (nSPS) is 10.4. The zero-order valence-corrected chi connectivity index (χ0v) is 15.8. The molecule has 6 heteroatoms. The molecule has 3 rings (SSSR count). The van der Waals surface area contributed by atoms with Crippen LogP contribution in [0.2, 0.25) is 0 Å². The van der Waals surface area contributed by atoms with Gasteiger partial charge in [0.25, 0.3) is 11.8 Å². The molecule has 0 atom stereocenters. The molecule has 0 aliphatic heterocycles. The fraction of sp³-hybridized carbons (Fsp3) is 0.182. The Kier molecular flexibility index (Phi) is 6.11. The van der Waals surface area contributed by atoms with E-state index in [0.29, 0.717) is 17.1 Å². The smallest absolute Gasteiger partial charge is 0.276 e. The second-order valence-corrected chi connectivity index (χ2v) is 6.19. The summed E-state index contributed by atoms with van der Waals surface area (Å²) in [5.41, 5.74) is 6.27. The Balaban J connectivity index is 1.58. The van der Waals surface area contributed by atoms with Gasteiger partial charge in [-0.25, -0.2) is 0 Å². The number of hydrazine groups is 1. The van der Waals surface area contributed by atoms with E-state index in [4.69, 9.17) is 9.47 Å². The molecule has 2 amide bonds. The molecule has 0 unspecified atom stereocenters. The predicted molar refractivity (Wildman–Crippen MR) is 107 cm³/mol. The molecule has 6 nitrogen and oxygen atoms in total. The molecule has 0 spiro atoms. The monoisotopic (exact) mass is 378 g/mol. The second kappa shape index (κ2) is 8.90. The maximum absolute atomic E-state index is 12.5. The van der Waals surface area contributed by atoms with Gasteiger partial charge < -0.3 is 9.47 Å². The average molecular weight is 378 g/mol. The minimum Gasteiger partial charge on any atom is -0.496 e. The molecule has 0 bridgehead atoms. The molecule has 0 saturated carbocycles. The van der Waals surface area contributed by atoms with E-state index in [1.807, 2.05) is 48.5 Å². The summed E-state index contributed by atoms with van der Waals surface area (Å²) < 4.78 is 10.7. The van der Waals surface area contributed by atoms with Crippen LogP contribution in [0, 0.1) is 0 Å². The Morgan fingerprint density at radius 1 is 0.929 bits per heavy atom. The van der Waals surface area contributed by atoms with E-state index in [2.05, 4.69) is 17.8 Å². The van der Waals surface area contributed by atoms with Crippen LogP contribution in [0.5, 0.6) is 11.5 Å². The minimum absolute atomic E-state index is 0.208. The highest BCUT2D eigenvalue weighted by Crippen LogP contribution is 2.25. The maximum atomic E-state index is 12.5. The third-order valence-electron chi connectivity index (χ3n) is 4.33. The molecule has 0 heterocycles. The van der Waals surface area contributed by atoms with Crippen LogP contribution in [0.25, 0.3) is 10.8 Å². The third-order valence-corrected chi connectivity index (χ3v) is 4.33. The number of nitrogens with one attached hydrogen (secondary N) is 2. The van der Waals surface area contributed by atoms with Crippen LogP contribution in [0.4, 0.5) is 0 Å². The SMILES string of the molecule is CCc1ccc(OCC(=O)NNC(=O)c2cc3ccccc3cc2OC)cc1. The number of benzene rings is 3. The first-order valence-corrected chi connectivity index (χ1v) is 8.98. The summed E-state index contributed by atoms with van der Waals surface area (Å²) in [6.45, 7) is 1.86. The highest BCUT2D eigenvalue weighted by molar-refractivity contribution is 6.02. The van der Waals surface area contributed by atoms with Gasteiger partial charge >= 0.3 is 0 Å². The van der Waals surface area contributed by atoms with Crippen molar-refractivity contribution >= 4 is 22.6 Å². The molecule has 0 aliphatic carbocycles. The van der Waals surface area contributed by atoms with Gasteiger partial charge in [-0.05, 0) is 47.0 Å². The first-order valence-electron chi connectivity index (χ1n) is 8.98. The molecule has 0 fully saturated rings. The topological polar surface area (TPSA) is 76.7 Å². The lowest BCUT2D eigenvalue weighted by atomic mass is 10.1. The summed E-state index contributed by atoms with van der Waals surface area (Å²) in [7, 11) is 1.50. The number of rotatable bonds is 6. The highest BCUT2D eigenvalue weighted by Gasteiger charge is 2.14. The van der Waals surface area contributed by atoms with Gasteiger partial charge in [-0.2, -0.15) is 0 Å². The lowest BCUT2D eigenvalue weighted by molar-refractivity contribution is -0.123. The number of methoxy groups -OCH3 is 1. The van der Waals surface area contributed by atoms with E-state index in [-0.39, 0.29) is 6.61 Å². The van der Waals surface area contributed by atoms with E-state index in [0.717, 1.165) is 17.2 Å². The number of carbonyl (C=O) groups is 2. The molecule has 28 heavy (non-hydrogen) atoms. The molecule has 0 saturated heterocycles. The highest BCUT2D eigenvalue weighted by atomic mass is 16.5. The molecule has 144 valence electrons. The Labute approximate surface area is 163 Å². The van der Waals surface area contributed by atoms with Gasteiger partial charge in [0.1, 0.15) is 11.5 Å². The Bertz CT molecular complexity index is 983. The number of aryl methyl sites for hydroxylation is 1. The number of hydrogen-bond acceptors (Lipinski definition) is 4. The Morgan fingerprint density at radius 2 is 1.61 bits per heavy atom. The van der Waals surface area contributed by atoms with Crippen LogP contribution in [-0.2, 0) is 11.2 Å². The molecular formula is C22H22N2O4. The number of hydrogen-bond donors (Lipinski definition) is 2. The number of carbonyl (C=O) groups excluding carboxylic acids is 2. The van der Waals surface area contributed by atoms with Gasteiger partial charge in [0.2, 0.25) is 0 Å². The van der Waals surface area contributed by atoms with E-state index in [9.17, 15) is 9.59 Å². The fourth-order valence-electron chi connectivity index (χ4n) is 2.77. The number of ether oxygens (including phenoxy) is 2. The summed E-state index contributed by atoms with van der Waals surface area (Å²) in [5, 5.41) is 1.86. The van der Waals surface area contributed by atoms with Crippen LogP contribution in [-0.4, -0.2) is 25.5 Å². The molecule has 3 aromatic rings. The fourth-order valence-corrected chi connectivity index (χ4v) is 2.77. The predicted octanol–water partition coefficient (Wildman–Crippen LogP) is 3.25. The van der Waals surface area contributed by atoms with Gasteiger partial charge in [0.15, 0.2) is 6.61 Å². The van der Waals surface area contributed by atoms with E-state index >= 15 is 0 Å². The van der Waals surface area contributed by atoms with E-state index in [1.165, 1.54) is 12.7 Å². The van der Waals surface area contributed by atoms with Crippen molar-refractivity contribution in [3.63, 3.8) is 0 Å². The van der Waals surface area contributed by atoms with Crippen molar-refractivity contribution in [2.75, 3.05) is 13.7 Å². The van der Waals surface area contributed by atoms with Crippen molar-refractivity contribution in [3.8, 4) is 11.5 Å². The van der Waals surface area contributed by atoms with Crippen molar-refractivity contribution in [2.24, 2.45) is 0 Å². The van der Waals surface area contributed by atoms with Crippen molar-refractivity contribution in [1.29, 1.82) is 0 Å². The zero-order chi connectivity index (χ0) is 19.9. The molecule has 0 aromatic heterocycles. The first-order chi connectivity index (χ1) is 13.6. The molecule has 3 aromatic carbocycles. The van der Waals surface area contributed by atoms with Gasteiger partial charge in [-0.15, -0.1) is 0 Å². The van der Waals surface area contributed by atoms with Crippen LogP contribution in [0.15, 0.2) is 60.7 Å². The largest absolute Gasteiger partial charge is 0.496 e. The standard InChI is InChI=1S/C22H22N2O4/c1-3-15-8-10-18(11-9-15)28-14-21(25)23-24-22(26)19-12-16-6-4-5-7-17(16)13-20(19)27-2/h4-13H,3,14H2,1-2H3,(H,23,25)(H,24,26). The maximum Gasteiger partial charge on any atom is 0.276 e. The van der Waals surface area contributed by atoms with E-state index in [1.54, 1.807) is 12.1 Å². The quantitative estimate of drug-likeness (QED) is 0.646. The Morgan fingerprint density at radius 3 is 2.25 bits per heavy atom. The molecule has 2 N–H and O–H groups in total. The number of amides is 2. The summed E-state index contributed by atoms with van der Waals surface area (Å²) in [5.74, 6) is 0.0866. The summed E-state index contributed by atoms with van der Waals surface area (Å²) in [6, 6.07) is 18.7. The summed E-state index contributed by atoms with van der Waals surface area (Å²) in [6.07, 6.45) is 0.936. The van der Waals surface area contributed by atoms with Gasteiger partial charge in [0.05, 0.1) is 12.7 Å². The van der Waals surface area contributed by atoms with E-state index < -0.39 is 11.8 Å². The third kappa shape index (κ3) is 4.59. The molecule has 0 aliphatic rings. The summed E-state index contributed by atoms with van der Waals surface area (Å²) >= 11 is 0. The van der Waals surface area contributed by atoms with Gasteiger partial charge in [-0.1, -0.05) is 43.3 Å². The lowest BCUT2D eigenvalue weighted by Crippen LogP contribution is -2.43. The van der Waals surface area contributed by atoms with Crippen LogP contribution >= 0.6 is 0 Å². The van der Waals surface area contributed by atoms with Crippen LogP contribution < -0.4 is 20.3 Å². The average Bonchev–Trinajstić information content (AvgIpc) is 2.75. The van der Waals surface area contributed by atoms with Gasteiger partial charge in [-0.3, -0.25) is 20.4 Å². The van der Waals surface area contributed by atoms with Crippen molar-refractivity contribution in [2.45, 2.75) is 13.3 Å². The van der Waals surface area contributed by atoms with Crippen molar-refractivity contribution in [3.05, 3.63) is 71.8 Å². The van der Waals surface area contributed by atoms with Gasteiger partial charge in [0, 0.05) is 0 Å². The molecular weight excluding hydrogens is 356 g/mol. The van der Waals surface area contributed by atoms with Crippen molar-refractivity contribution in [1.82, 2.24) is 10.9 Å². The van der Waals surface area contributed by atoms with Crippen molar-refractivity contribution < 1.29 is 19.1 Å².